The van der Waals surface area contributed by atoms with Crippen molar-refractivity contribution in [1.82, 2.24) is 10.2 Å². The number of methoxy groups -OCH3 is 1. The number of carbonyl (C=O) groups excluding carboxylic acids is 1. The van der Waals surface area contributed by atoms with Crippen molar-refractivity contribution in [1.29, 1.82) is 0 Å². The van der Waals surface area contributed by atoms with Gasteiger partial charge in [0.1, 0.15) is 6.04 Å². The number of hydrogen-bond acceptors (Lipinski definition) is 3. The van der Waals surface area contributed by atoms with Gasteiger partial charge >= 0.3 is 12.0 Å². The predicted octanol–water partition coefficient (Wildman–Crippen LogP) is 1.06. The largest absolute Gasteiger partial charge is 0.480 e. The molecule has 0 aromatic carbocycles. The highest BCUT2D eigenvalue weighted by atomic mass is 16.5. The van der Waals surface area contributed by atoms with Crippen LogP contribution in [0.4, 0.5) is 4.79 Å². The van der Waals surface area contributed by atoms with E-state index in [9.17, 15) is 9.59 Å². The van der Waals surface area contributed by atoms with E-state index in [4.69, 9.17) is 9.84 Å². The SMILES string of the molecule is COC1CC(C(=O)O)N(C(=O)NC(C)CC2CC2)C1. The fourth-order valence-corrected chi connectivity index (χ4v) is 2.63. The monoisotopic (exact) mass is 270 g/mol. The third-order valence-electron chi connectivity index (χ3n) is 3.90. The highest BCUT2D eigenvalue weighted by Crippen LogP contribution is 2.33. The first-order valence-corrected chi connectivity index (χ1v) is 6.84. The molecule has 2 fully saturated rings. The van der Waals surface area contributed by atoms with Crippen LogP contribution in [0.25, 0.3) is 0 Å². The molecule has 6 nitrogen and oxygen atoms in total. The lowest BCUT2D eigenvalue weighted by Gasteiger charge is -2.24. The summed E-state index contributed by atoms with van der Waals surface area (Å²) in [6, 6.07) is -0.978. The third kappa shape index (κ3) is 3.59. The summed E-state index contributed by atoms with van der Waals surface area (Å²) in [5, 5.41) is 12.0. The lowest BCUT2D eigenvalue weighted by Crippen LogP contribution is -2.48. The van der Waals surface area contributed by atoms with Gasteiger partial charge in [0.15, 0.2) is 0 Å². The van der Waals surface area contributed by atoms with E-state index in [2.05, 4.69) is 5.32 Å². The number of ether oxygens (including phenoxy) is 1. The molecule has 0 bridgehead atoms. The number of amides is 2. The van der Waals surface area contributed by atoms with E-state index < -0.39 is 12.0 Å². The van der Waals surface area contributed by atoms with Crippen LogP contribution in [0.2, 0.25) is 0 Å². The quantitative estimate of drug-likeness (QED) is 0.783. The molecule has 0 spiro atoms. The molecule has 19 heavy (non-hydrogen) atoms. The highest BCUT2D eigenvalue weighted by molar-refractivity contribution is 5.83. The number of nitrogens with zero attached hydrogens (tertiary/aromatic N) is 1. The van der Waals surface area contributed by atoms with Gasteiger partial charge in [-0.05, 0) is 19.3 Å². The average molecular weight is 270 g/mol. The van der Waals surface area contributed by atoms with Crippen LogP contribution in [0.15, 0.2) is 0 Å². The number of carboxylic acid groups (broad SMARTS) is 1. The fourth-order valence-electron chi connectivity index (χ4n) is 2.63. The van der Waals surface area contributed by atoms with E-state index >= 15 is 0 Å². The van der Waals surface area contributed by atoms with Crippen molar-refractivity contribution in [3.63, 3.8) is 0 Å². The second-order valence-corrected chi connectivity index (χ2v) is 5.63. The van der Waals surface area contributed by atoms with Gasteiger partial charge in [0.05, 0.1) is 6.10 Å². The Morgan fingerprint density at radius 2 is 2.16 bits per heavy atom. The summed E-state index contributed by atoms with van der Waals surface area (Å²) in [4.78, 5) is 24.7. The van der Waals surface area contributed by atoms with Crippen molar-refractivity contribution in [2.45, 2.75) is 50.8 Å². The first-order chi connectivity index (χ1) is 9.01. The summed E-state index contributed by atoms with van der Waals surface area (Å²) >= 11 is 0. The number of aliphatic carboxylic acids is 1. The van der Waals surface area contributed by atoms with E-state index in [1.165, 1.54) is 17.7 Å². The molecule has 0 aromatic rings. The van der Waals surface area contributed by atoms with Crippen LogP contribution in [0, 0.1) is 5.92 Å². The summed E-state index contributed by atoms with van der Waals surface area (Å²) in [7, 11) is 1.54. The number of rotatable bonds is 5. The molecule has 108 valence electrons. The zero-order valence-electron chi connectivity index (χ0n) is 11.5. The van der Waals surface area contributed by atoms with Gasteiger partial charge in [-0.25, -0.2) is 9.59 Å². The molecule has 0 aromatic heterocycles. The summed E-state index contributed by atoms with van der Waals surface area (Å²) in [5.74, 6) is -0.236. The minimum absolute atomic E-state index is 0.0936. The standard InChI is InChI=1S/C13H22N2O4/c1-8(5-9-3-4-9)14-13(18)15-7-10(19-2)6-11(15)12(16)17/h8-11H,3-7H2,1-2H3,(H,14,18)(H,16,17). The lowest BCUT2D eigenvalue weighted by molar-refractivity contribution is -0.141. The van der Waals surface area contributed by atoms with Crippen LogP contribution in [0.3, 0.4) is 0 Å². The van der Waals surface area contributed by atoms with Gasteiger partial charge in [0.25, 0.3) is 0 Å². The first-order valence-electron chi connectivity index (χ1n) is 6.84. The second-order valence-electron chi connectivity index (χ2n) is 5.63. The van der Waals surface area contributed by atoms with Crippen molar-refractivity contribution in [3.8, 4) is 0 Å². The molecule has 1 heterocycles. The average Bonchev–Trinajstić information content (AvgIpc) is 3.04. The molecule has 2 rings (SSSR count). The van der Waals surface area contributed by atoms with E-state index in [0.717, 1.165) is 12.3 Å². The molecular weight excluding hydrogens is 248 g/mol. The zero-order chi connectivity index (χ0) is 14.0. The normalized spacial score (nSPS) is 28.2. The van der Waals surface area contributed by atoms with Crippen LogP contribution in [-0.4, -0.2) is 53.8 Å². The topological polar surface area (TPSA) is 78.9 Å². The molecule has 0 radical (unpaired) electrons. The Labute approximate surface area is 113 Å². The number of carbonyl (C=O) groups is 2. The highest BCUT2D eigenvalue weighted by Gasteiger charge is 2.40. The van der Waals surface area contributed by atoms with Gasteiger partial charge in [-0.15, -0.1) is 0 Å². The van der Waals surface area contributed by atoms with Crippen LogP contribution >= 0.6 is 0 Å². The maximum absolute atomic E-state index is 12.1. The second kappa shape index (κ2) is 5.77. The minimum Gasteiger partial charge on any atom is -0.480 e. The van der Waals surface area contributed by atoms with Crippen molar-refractivity contribution >= 4 is 12.0 Å². The molecule has 6 heteroatoms. The van der Waals surface area contributed by atoms with Crippen LogP contribution in [-0.2, 0) is 9.53 Å². The molecule has 2 aliphatic rings. The van der Waals surface area contributed by atoms with E-state index in [-0.39, 0.29) is 18.2 Å². The third-order valence-corrected chi connectivity index (χ3v) is 3.90. The maximum Gasteiger partial charge on any atom is 0.326 e. The summed E-state index contributed by atoms with van der Waals surface area (Å²) < 4.78 is 5.17. The van der Waals surface area contributed by atoms with Crippen molar-refractivity contribution in [2.75, 3.05) is 13.7 Å². The Morgan fingerprint density at radius 1 is 1.47 bits per heavy atom. The molecular formula is C13H22N2O4. The van der Waals surface area contributed by atoms with Crippen molar-refractivity contribution < 1.29 is 19.4 Å². The molecule has 2 amide bonds. The van der Waals surface area contributed by atoms with Gasteiger partial charge in [0.2, 0.25) is 0 Å². The van der Waals surface area contributed by atoms with E-state index in [1.54, 1.807) is 7.11 Å². The Morgan fingerprint density at radius 3 is 2.68 bits per heavy atom. The Bertz CT molecular complexity index is 357. The molecule has 3 atom stereocenters. The molecule has 2 N–H and O–H groups in total. The van der Waals surface area contributed by atoms with Gasteiger partial charge in [-0.1, -0.05) is 12.8 Å². The lowest BCUT2D eigenvalue weighted by atomic mass is 10.1. The van der Waals surface area contributed by atoms with Crippen molar-refractivity contribution in [2.24, 2.45) is 5.92 Å². The van der Waals surface area contributed by atoms with Gasteiger partial charge in [-0.2, -0.15) is 0 Å². The Hall–Kier alpha value is -1.30. The smallest absolute Gasteiger partial charge is 0.326 e. The van der Waals surface area contributed by atoms with Crippen LogP contribution in [0.5, 0.6) is 0 Å². The molecule has 1 saturated heterocycles. The summed E-state index contributed by atoms with van der Waals surface area (Å²) in [5.41, 5.74) is 0. The predicted molar refractivity (Wildman–Crippen MR) is 68.9 cm³/mol. The number of urea groups is 1. The van der Waals surface area contributed by atoms with Gasteiger partial charge < -0.3 is 20.1 Å². The molecule has 1 aliphatic heterocycles. The summed E-state index contributed by atoms with van der Waals surface area (Å²) in [6.07, 6.45) is 3.63. The molecule has 3 unspecified atom stereocenters. The summed E-state index contributed by atoms with van der Waals surface area (Å²) in [6.45, 7) is 2.31. The number of carboxylic acids is 1. The fraction of sp³-hybridized carbons (Fsp3) is 0.846. The maximum atomic E-state index is 12.1. The zero-order valence-corrected chi connectivity index (χ0v) is 11.5. The van der Waals surface area contributed by atoms with E-state index in [0.29, 0.717) is 13.0 Å². The first kappa shape index (κ1) is 14.1. The molecule has 1 aliphatic carbocycles. The van der Waals surface area contributed by atoms with Gasteiger partial charge in [0, 0.05) is 26.1 Å². The Balaban J connectivity index is 1.89. The minimum atomic E-state index is -0.968. The Kier molecular flexibility index (Phi) is 4.29. The molecule has 1 saturated carbocycles. The van der Waals surface area contributed by atoms with Crippen LogP contribution < -0.4 is 5.32 Å². The van der Waals surface area contributed by atoms with E-state index in [1.807, 2.05) is 6.92 Å². The number of likely N-dealkylation sites (tertiary alicyclic amines) is 1. The number of nitrogens with one attached hydrogen (secondary N) is 1. The van der Waals surface area contributed by atoms with Crippen molar-refractivity contribution in [3.05, 3.63) is 0 Å². The number of hydrogen-bond donors (Lipinski definition) is 2. The van der Waals surface area contributed by atoms with Gasteiger partial charge in [-0.3, -0.25) is 0 Å². The van der Waals surface area contributed by atoms with Crippen LogP contribution in [0.1, 0.15) is 32.6 Å².